The third-order valence-electron chi connectivity index (χ3n) is 3.69. The van der Waals surface area contributed by atoms with Crippen molar-refractivity contribution in [3.63, 3.8) is 0 Å². The first-order valence-electron chi connectivity index (χ1n) is 8.12. The van der Waals surface area contributed by atoms with Crippen molar-refractivity contribution in [2.24, 2.45) is 0 Å². The van der Waals surface area contributed by atoms with Crippen LogP contribution in [0, 0.1) is 6.92 Å². The number of ether oxygens (including phenoxy) is 1. The number of nitrogens with zero attached hydrogens (tertiary/aromatic N) is 3. The Balaban J connectivity index is 1.63. The third-order valence-corrected chi connectivity index (χ3v) is 3.69. The fourth-order valence-corrected chi connectivity index (χ4v) is 2.31. The van der Waals surface area contributed by atoms with Gasteiger partial charge in [0.2, 0.25) is 0 Å². The van der Waals surface area contributed by atoms with Gasteiger partial charge in [-0.25, -0.2) is 0 Å². The van der Waals surface area contributed by atoms with Crippen molar-refractivity contribution in [2.75, 3.05) is 5.32 Å². The van der Waals surface area contributed by atoms with Crippen molar-refractivity contribution < 1.29 is 9.53 Å². The summed E-state index contributed by atoms with van der Waals surface area (Å²) in [7, 11) is 0. The monoisotopic (exact) mass is 336 g/mol. The lowest BCUT2D eigenvalue weighted by Gasteiger charge is -2.08. The summed E-state index contributed by atoms with van der Waals surface area (Å²) >= 11 is 0. The third kappa shape index (κ3) is 4.44. The van der Waals surface area contributed by atoms with Crippen molar-refractivity contribution >= 4 is 11.6 Å². The molecule has 3 aromatic rings. The van der Waals surface area contributed by atoms with E-state index in [-0.39, 0.29) is 5.91 Å². The number of carbonyl (C=O) groups is 1. The lowest BCUT2D eigenvalue weighted by molar-refractivity contribution is 0.102. The Morgan fingerprint density at radius 3 is 2.84 bits per heavy atom. The predicted molar refractivity (Wildman–Crippen MR) is 95.6 cm³/mol. The molecule has 2 aromatic heterocycles. The zero-order chi connectivity index (χ0) is 17.6. The first-order valence-corrected chi connectivity index (χ1v) is 8.12. The van der Waals surface area contributed by atoms with Crippen molar-refractivity contribution in [3.8, 4) is 5.75 Å². The molecule has 0 saturated carbocycles. The van der Waals surface area contributed by atoms with Gasteiger partial charge in [0.1, 0.15) is 12.4 Å². The van der Waals surface area contributed by atoms with E-state index in [4.69, 9.17) is 4.74 Å². The predicted octanol–water partition coefficient (Wildman–Crippen LogP) is 3.44. The summed E-state index contributed by atoms with van der Waals surface area (Å²) < 4.78 is 7.47. The molecule has 1 amide bonds. The van der Waals surface area contributed by atoms with Gasteiger partial charge in [-0.1, -0.05) is 12.1 Å². The molecule has 0 aliphatic rings. The summed E-state index contributed by atoms with van der Waals surface area (Å²) in [5.41, 5.74) is 3.11. The van der Waals surface area contributed by atoms with Crippen LogP contribution in [0.4, 0.5) is 5.69 Å². The molecule has 128 valence electrons. The minimum Gasteiger partial charge on any atom is -0.487 e. The maximum Gasteiger partial charge on any atom is 0.255 e. The van der Waals surface area contributed by atoms with Crippen LogP contribution in [0.15, 0.2) is 55.0 Å². The molecular weight excluding hydrogens is 316 g/mol. The smallest absolute Gasteiger partial charge is 0.255 e. The quantitative estimate of drug-likeness (QED) is 0.749. The minimum absolute atomic E-state index is 0.172. The number of aryl methyl sites for hydroxylation is 2. The highest BCUT2D eigenvalue weighted by Crippen LogP contribution is 2.14. The fourth-order valence-electron chi connectivity index (χ4n) is 2.31. The van der Waals surface area contributed by atoms with Gasteiger partial charge in [0.05, 0.1) is 18.1 Å². The Morgan fingerprint density at radius 1 is 1.24 bits per heavy atom. The average Bonchev–Trinajstić information content (AvgIpc) is 3.09. The Morgan fingerprint density at radius 2 is 2.12 bits per heavy atom. The lowest BCUT2D eigenvalue weighted by Crippen LogP contribution is -2.12. The summed E-state index contributed by atoms with van der Waals surface area (Å²) in [5.74, 6) is 0.530. The number of rotatable bonds is 6. The topological polar surface area (TPSA) is 69.0 Å². The number of anilines is 1. The molecule has 0 aliphatic carbocycles. The second-order valence-corrected chi connectivity index (χ2v) is 5.66. The molecule has 1 N–H and O–H groups in total. The van der Waals surface area contributed by atoms with Gasteiger partial charge >= 0.3 is 0 Å². The Labute approximate surface area is 146 Å². The zero-order valence-electron chi connectivity index (χ0n) is 14.3. The van der Waals surface area contributed by atoms with Crippen molar-refractivity contribution in [2.45, 2.75) is 27.0 Å². The van der Waals surface area contributed by atoms with E-state index in [1.54, 1.807) is 29.3 Å². The van der Waals surface area contributed by atoms with Crippen LogP contribution in [0.1, 0.15) is 28.5 Å². The van der Waals surface area contributed by atoms with E-state index in [9.17, 15) is 4.79 Å². The lowest BCUT2D eigenvalue weighted by atomic mass is 10.1. The molecule has 0 atom stereocenters. The maximum absolute atomic E-state index is 12.4. The Hall–Kier alpha value is -3.15. The molecule has 6 heteroatoms. The Kier molecular flexibility index (Phi) is 5.09. The Bertz CT molecular complexity index is 856. The molecule has 25 heavy (non-hydrogen) atoms. The van der Waals surface area contributed by atoms with E-state index < -0.39 is 0 Å². The van der Waals surface area contributed by atoms with E-state index in [2.05, 4.69) is 15.4 Å². The molecule has 3 rings (SSSR count). The molecule has 0 unspecified atom stereocenters. The molecule has 0 bridgehead atoms. The van der Waals surface area contributed by atoms with Crippen molar-refractivity contribution in [1.29, 1.82) is 0 Å². The van der Waals surface area contributed by atoms with E-state index in [1.807, 2.05) is 44.2 Å². The van der Waals surface area contributed by atoms with Crippen LogP contribution in [0.5, 0.6) is 5.75 Å². The molecule has 2 heterocycles. The normalized spacial score (nSPS) is 10.5. The van der Waals surface area contributed by atoms with E-state index in [1.165, 1.54) is 0 Å². The number of benzene rings is 1. The van der Waals surface area contributed by atoms with E-state index in [0.29, 0.717) is 23.6 Å². The van der Waals surface area contributed by atoms with Crippen LogP contribution >= 0.6 is 0 Å². The maximum atomic E-state index is 12.4. The van der Waals surface area contributed by atoms with E-state index in [0.717, 1.165) is 17.8 Å². The van der Waals surface area contributed by atoms with Gasteiger partial charge in [0, 0.05) is 24.0 Å². The summed E-state index contributed by atoms with van der Waals surface area (Å²) in [5, 5.41) is 6.99. The minimum atomic E-state index is -0.172. The molecular formula is C19H20N4O2. The summed E-state index contributed by atoms with van der Waals surface area (Å²) in [4.78, 5) is 16.6. The second-order valence-electron chi connectivity index (χ2n) is 5.66. The van der Waals surface area contributed by atoms with Crippen LogP contribution < -0.4 is 10.1 Å². The van der Waals surface area contributed by atoms with Crippen LogP contribution in [0.2, 0.25) is 0 Å². The SMILES string of the molecule is CCn1cc(NC(=O)c2cccc(COc3ccc(C)nc3)c2)cn1. The molecule has 0 saturated heterocycles. The van der Waals surface area contributed by atoms with Crippen LogP contribution in [0.3, 0.4) is 0 Å². The van der Waals surface area contributed by atoms with Gasteiger partial charge in [-0.15, -0.1) is 0 Å². The molecule has 1 aromatic carbocycles. The summed E-state index contributed by atoms with van der Waals surface area (Å²) in [6.07, 6.45) is 5.13. The van der Waals surface area contributed by atoms with Crippen LogP contribution in [-0.4, -0.2) is 20.7 Å². The summed E-state index contributed by atoms with van der Waals surface area (Å²) in [6.45, 7) is 5.05. The largest absolute Gasteiger partial charge is 0.487 e. The summed E-state index contributed by atoms with van der Waals surface area (Å²) in [6, 6.07) is 11.1. The van der Waals surface area contributed by atoms with Gasteiger partial charge in [-0.05, 0) is 43.7 Å². The highest BCUT2D eigenvalue weighted by Gasteiger charge is 2.08. The number of aromatic nitrogens is 3. The highest BCUT2D eigenvalue weighted by molar-refractivity contribution is 6.04. The number of hydrogen-bond donors (Lipinski definition) is 1. The van der Waals surface area contributed by atoms with Crippen LogP contribution in [-0.2, 0) is 13.2 Å². The van der Waals surface area contributed by atoms with E-state index >= 15 is 0 Å². The molecule has 0 fully saturated rings. The zero-order valence-corrected chi connectivity index (χ0v) is 14.3. The van der Waals surface area contributed by atoms with Gasteiger partial charge in [0.25, 0.3) is 5.91 Å². The van der Waals surface area contributed by atoms with Gasteiger partial charge in [0.15, 0.2) is 0 Å². The van der Waals surface area contributed by atoms with Crippen LogP contribution in [0.25, 0.3) is 0 Å². The first kappa shape index (κ1) is 16.7. The highest BCUT2D eigenvalue weighted by atomic mass is 16.5. The average molecular weight is 336 g/mol. The fraction of sp³-hybridized carbons (Fsp3) is 0.211. The standard InChI is InChI=1S/C19H20N4O2/c1-3-23-12-17(10-21-23)22-19(24)16-6-4-5-15(9-16)13-25-18-8-7-14(2)20-11-18/h4-12H,3,13H2,1-2H3,(H,22,24). The van der Waals surface area contributed by atoms with Crippen molar-refractivity contribution in [3.05, 3.63) is 71.8 Å². The number of amides is 1. The second kappa shape index (κ2) is 7.61. The number of hydrogen-bond acceptors (Lipinski definition) is 4. The van der Waals surface area contributed by atoms with Gasteiger partial charge < -0.3 is 10.1 Å². The molecule has 0 spiro atoms. The molecule has 0 radical (unpaired) electrons. The van der Waals surface area contributed by atoms with Gasteiger partial charge in [-0.3, -0.25) is 14.5 Å². The molecule has 6 nitrogen and oxygen atoms in total. The first-order chi connectivity index (χ1) is 12.1. The van der Waals surface area contributed by atoms with Crippen molar-refractivity contribution in [1.82, 2.24) is 14.8 Å². The number of carbonyl (C=O) groups excluding carboxylic acids is 1. The number of nitrogens with one attached hydrogen (secondary N) is 1. The number of pyridine rings is 1. The van der Waals surface area contributed by atoms with Gasteiger partial charge in [-0.2, -0.15) is 5.10 Å². The molecule has 0 aliphatic heterocycles.